The molecule has 2 aromatic rings. The highest BCUT2D eigenvalue weighted by atomic mass is 35.5. The molecule has 1 N–H and O–H groups in total. The van der Waals surface area contributed by atoms with E-state index in [1.165, 1.54) is 16.7 Å². The highest BCUT2D eigenvalue weighted by molar-refractivity contribution is 6.42. The number of ether oxygens (including phenoxy) is 1. The maximum atomic E-state index is 6.16. The van der Waals surface area contributed by atoms with Gasteiger partial charge in [-0.2, -0.15) is 0 Å². The second-order valence-corrected chi connectivity index (χ2v) is 6.00. The normalized spacial score (nSPS) is 15.0. The van der Waals surface area contributed by atoms with Crippen molar-refractivity contribution in [3.8, 4) is 0 Å². The Morgan fingerprint density at radius 3 is 2.48 bits per heavy atom. The van der Waals surface area contributed by atoms with Gasteiger partial charge >= 0.3 is 0 Å². The van der Waals surface area contributed by atoms with Gasteiger partial charge in [0.15, 0.2) is 0 Å². The third-order valence-corrected chi connectivity index (χ3v) is 4.50. The van der Waals surface area contributed by atoms with Gasteiger partial charge in [-0.05, 0) is 40.9 Å². The third kappa shape index (κ3) is 3.09. The smallest absolute Gasteiger partial charge is 0.0725 e. The van der Waals surface area contributed by atoms with Crippen LogP contribution in [0.15, 0.2) is 36.4 Å². The van der Waals surface area contributed by atoms with E-state index in [1.807, 2.05) is 18.2 Å². The Labute approximate surface area is 135 Å². The van der Waals surface area contributed by atoms with E-state index in [-0.39, 0.29) is 6.04 Å². The monoisotopic (exact) mass is 321 g/mol. The molecule has 0 bridgehead atoms. The molecule has 1 unspecified atom stereocenters. The van der Waals surface area contributed by atoms with Gasteiger partial charge in [0.2, 0.25) is 0 Å². The fourth-order valence-corrected chi connectivity index (χ4v) is 3.00. The van der Waals surface area contributed by atoms with Crippen molar-refractivity contribution < 1.29 is 4.74 Å². The molecule has 0 fully saturated rings. The van der Waals surface area contributed by atoms with Crippen LogP contribution in [0.25, 0.3) is 0 Å². The number of fused-ring (bicyclic) bond motifs is 1. The molecule has 0 spiro atoms. The molecule has 0 aromatic heterocycles. The van der Waals surface area contributed by atoms with Crippen LogP contribution in [0.5, 0.6) is 0 Å². The van der Waals surface area contributed by atoms with E-state index in [0.717, 1.165) is 12.1 Å². The van der Waals surface area contributed by atoms with Crippen molar-refractivity contribution in [1.29, 1.82) is 0 Å². The largest absolute Gasteiger partial charge is 0.372 e. The number of benzene rings is 2. The van der Waals surface area contributed by atoms with Crippen LogP contribution in [-0.2, 0) is 18.0 Å². The molecule has 3 rings (SSSR count). The Hall–Kier alpha value is -1.06. The van der Waals surface area contributed by atoms with Crippen molar-refractivity contribution >= 4 is 23.2 Å². The zero-order valence-electron chi connectivity index (χ0n) is 11.8. The van der Waals surface area contributed by atoms with E-state index in [0.29, 0.717) is 23.3 Å². The molecule has 1 atom stereocenters. The topological polar surface area (TPSA) is 21.3 Å². The molecular formula is C17H17Cl2NO. The minimum absolute atomic E-state index is 0.107. The van der Waals surface area contributed by atoms with Crippen LogP contribution in [0.4, 0.5) is 0 Å². The number of hydrogen-bond donors (Lipinski definition) is 1. The van der Waals surface area contributed by atoms with E-state index in [1.54, 1.807) is 0 Å². The molecule has 2 aromatic carbocycles. The molecule has 2 nitrogen and oxygen atoms in total. The van der Waals surface area contributed by atoms with Gasteiger partial charge in [0.25, 0.3) is 0 Å². The van der Waals surface area contributed by atoms with Crippen molar-refractivity contribution in [2.24, 2.45) is 0 Å². The first-order chi connectivity index (χ1) is 10.2. The van der Waals surface area contributed by atoms with Crippen LogP contribution >= 0.6 is 23.2 Å². The summed E-state index contributed by atoms with van der Waals surface area (Å²) in [6.07, 6.45) is 0. The zero-order valence-corrected chi connectivity index (χ0v) is 13.3. The molecule has 1 heterocycles. The lowest BCUT2D eigenvalue weighted by molar-refractivity contribution is 0.134. The van der Waals surface area contributed by atoms with Crippen LogP contribution in [0.2, 0.25) is 10.0 Å². The highest BCUT2D eigenvalue weighted by Gasteiger charge is 2.18. The van der Waals surface area contributed by atoms with Crippen molar-refractivity contribution in [1.82, 2.24) is 5.32 Å². The Bertz CT molecular complexity index is 657. The molecular weight excluding hydrogens is 305 g/mol. The maximum absolute atomic E-state index is 6.16. The van der Waals surface area contributed by atoms with Crippen molar-refractivity contribution in [2.45, 2.75) is 26.2 Å². The van der Waals surface area contributed by atoms with Crippen LogP contribution in [0, 0.1) is 0 Å². The van der Waals surface area contributed by atoms with Gasteiger partial charge in [-0.25, -0.2) is 0 Å². The first-order valence-corrected chi connectivity index (χ1v) is 7.82. The summed E-state index contributed by atoms with van der Waals surface area (Å²) in [5.41, 5.74) is 4.89. The van der Waals surface area contributed by atoms with Gasteiger partial charge in [-0.15, -0.1) is 0 Å². The van der Waals surface area contributed by atoms with Crippen molar-refractivity contribution in [3.05, 3.63) is 68.7 Å². The van der Waals surface area contributed by atoms with Gasteiger partial charge in [0.1, 0.15) is 0 Å². The minimum Gasteiger partial charge on any atom is -0.372 e. The summed E-state index contributed by atoms with van der Waals surface area (Å²) in [4.78, 5) is 0. The number of rotatable bonds is 4. The predicted octanol–water partition coefficient (Wildman–Crippen LogP) is 4.72. The predicted molar refractivity (Wildman–Crippen MR) is 86.9 cm³/mol. The van der Waals surface area contributed by atoms with Gasteiger partial charge in [-0.1, -0.05) is 54.4 Å². The SMILES string of the molecule is CCNC(c1ccc(Cl)c(Cl)c1)c1ccc2c(c1)COC2. The van der Waals surface area contributed by atoms with Crippen LogP contribution in [0.3, 0.4) is 0 Å². The third-order valence-electron chi connectivity index (χ3n) is 3.76. The minimum atomic E-state index is 0.107. The van der Waals surface area contributed by atoms with Crippen LogP contribution < -0.4 is 5.32 Å². The molecule has 0 amide bonds. The van der Waals surface area contributed by atoms with E-state index < -0.39 is 0 Å². The fourth-order valence-electron chi connectivity index (χ4n) is 2.70. The lowest BCUT2D eigenvalue weighted by atomic mass is 9.95. The summed E-state index contributed by atoms with van der Waals surface area (Å²) < 4.78 is 5.49. The number of hydrogen-bond acceptors (Lipinski definition) is 2. The molecule has 0 aliphatic carbocycles. The molecule has 1 aliphatic heterocycles. The summed E-state index contributed by atoms with van der Waals surface area (Å²) in [6, 6.07) is 12.4. The molecule has 21 heavy (non-hydrogen) atoms. The summed E-state index contributed by atoms with van der Waals surface area (Å²) in [6.45, 7) is 4.39. The summed E-state index contributed by atoms with van der Waals surface area (Å²) in [7, 11) is 0. The summed E-state index contributed by atoms with van der Waals surface area (Å²) >= 11 is 12.2. The second kappa shape index (κ2) is 6.37. The Morgan fingerprint density at radius 2 is 1.71 bits per heavy atom. The number of halogens is 2. The zero-order chi connectivity index (χ0) is 14.8. The van der Waals surface area contributed by atoms with Crippen molar-refractivity contribution in [2.75, 3.05) is 6.54 Å². The molecule has 110 valence electrons. The van der Waals surface area contributed by atoms with E-state index >= 15 is 0 Å². The van der Waals surface area contributed by atoms with E-state index in [4.69, 9.17) is 27.9 Å². The van der Waals surface area contributed by atoms with Crippen LogP contribution in [0.1, 0.15) is 35.2 Å². The fraction of sp³-hybridized carbons (Fsp3) is 0.294. The first-order valence-electron chi connectivity index (χ1n) is 7.07. The van der Waals surface area contributed by atoms with Gasteiger partial charge in [-0.3, -0.25) is 0 Å². The summed E-state index contributed by atoms with van der Waals surface area (Å²) in [5.74, 6) is 0. The average Bonchev–Trinajstić information content (AvgIpc) is 2.95. The van der Waals surface area contributed by atoms with Crippen LogP contribution in [-0.4, -0.2) is 6.54 Å². The number of nitrogens with one attached hydrogen (secondary N) is 1. The second-order valence-electron chi connectivity index (χ2n) is 5.19. The van der Waals surface area contributed by atoms with E-state index in [2.05, 4.69) is 30.4 Å². The van der Waals surface area contributed by atoms with Gasteiger partial charge < -0.3 is 10.1 Å². The van der Waals surface area contributed by atoms with Crippen molar-refractivity contribution in [3.63, 3.8) is 0 Å². The average molecular weight is 322 g/mol. The first kappa shape index (κ1) is 14.9. The molecule has 1 aliphatic rings. The lowest BCUT2D eigenvalue weighted by Gasteiger charge is -2.20. The lowest BCUT2D eigenvalue weighted by Crippen LogP contribution is -2.22. The molecule has 0 saturated carbocycles. The Morgan fingerprint density at radius 1 is 1.00 bits per heavy atom. The Balaban J connectivity index is 1.99. The maximum Gasteiger partial charge on any atom is 0.0725 e. The molecule has 0 saturated heterocycles. The molecule has 4 heteroatoms. The standard InChI is InChI=1S/C17H17Cl2NO/c1-2-20-17(12-5-6-15(18)16(19)8-12)11-3-4-13-9-21-10-14(13)7-11/h3-8,17,20H,2,9-10H2,1H3. The van der Waals surface area contributed by atoms with Gasteiger partial charge in [0, 0.05) is 0 Å². The van der Waals surface area contributed by atoms with E-state index in [9.17, 15) is 0 Å². The molecule has 0 radical (unpaired) electrons. The highest BCUT2D eigenvalue weighted by Crippen LogP contribution is 2.31. The Kier molecular flexibility index (Phi) is 4.51. The summed E-state index contributed by atoms with van der Waals surface area (Å²) in [5, 5.41) is 4.68. The quantitative estimate of drug-likeness (QED) is 0.879. The van der Waals surface area contributed by atoms with Gasteiger partial charge in [0.05, 0.1) is 29.3 Å².